The SMILES string of the molecule is Cc1ccc(C(C)C)c(OCCCCn2c(CCNC(=O)Cc3ccc(Cl)cc3)nc3ccccc32)c1. The molecule has 0 aliphatic heterocycles. The van der Waals surface area contributed by atoms with Crippen LogP contribution in [0.2, 0.25) is 5.02 Å². The summed E-state index contributed by atoms with van der Waals surface area (Å²) >= 11 is 5.94. The van der Waals surface area contributed by atoms with Crippen LogP contribution in [0.1, 0.15) is 55.1 Å². The van der Waals surface area contributed by atoms with E-state index in [0.29, 0.717) is 36.9 Å². The topological polar surface area (TPSA) is 56.1 Å². The summed E-state index contributed by atoms with van der Waals surface area (Å²) in [5, 5.41) is 3.71. The maximum Gasteiger partial charge on any atom is 0.224 e. The number of nitrogens with one attached hydrogen (secondary N) is 1. The second-order valence-electron chi connectivity index (χ2n) is 9.82. The van der Waals surface area contributed by atoms with Gasteiger partial charge in [0.05, 0.1) is 24.1 Å². The highest BCUT2D eigenvalue weighted by Gasteiger charge is 2.12. The van der Waals surface area contributed by atoms with Gasteiger partial charge < -0.3 is 14.6 Å². The van der Waals surface area contributed by atoms with E-state index in [-0.39, 0.29) is 5.91 Å². The molecule has 1 aromatic heterocycles. The number of carbonyl (C=O) groups excluding carboxylic acids is 1. The van der Waals surface area contributed by atoms with Crippen LogP contribution in [-0.2, 0) is 24.2 Å². The van der Waals surface area contributed by atoms with Gasteiger partial charge in [-0.2, -0.15) is 0 Å². The summed E-state index contributed by atoms with van der Waals surface area (Å²) in [5.41, 5.74) is 5.54. The Morgan fingerprint density at radius 2 is 1.84 bits per heavy atom. The van der Waals surface area contributed by atoms with Gasteiger partial charge in [-0.3, -0.25) is 4.79 Å². The molecule has 0 unspecified atom stereocenters. The average Bonchev–Trinajstić information content (AvgIpc) is 3.22. The zero-order chi connectivity index (χ0) is 26.2. The molecule has 1 heterocycles. The monoisotopic (exact) mass is 517 g/mol. The number of unbranched alkanes of at least 4 members (excludes halogenated alkanes) is 1. The number of imidazole rings is 1. The van der Waals surface area contributed by atoms with E-state index in [1.54, 1.807) is 0 Å². The largest absolute Gasteiger partial charge is 0.493 e. The first-order valence-electron chi connectivity index (χ1n) is 13.1. The summed E-state index contributed by atoms with van der Waals surface area (Å²) in [5.74, 6) is 2.43. The number of amides is 1. The lowest BCUT2D eigenvalue weighted by Gasteiger charge is -2.15. The van der Waals surface area contributed by atoms with E-state index in [1.165, 1.54) is 11.1 Å². The van der Waals surface area contributed by atoms with Crippen LogP contribution in [-0.4, -0.2) is 28.6 Å². The van der Waals surface area contributed by atoms with Crippen molar-refractivity contribution in [2.75, 3.05) is 13.2 Å². The van der Waals surface area contributed by atoms with Crippen LogP contribution in [0.4, 0.5) is 0 Å². The molecule has 5 nitrogen and oxygen atoms in total. The third-order valence-corrected chi connectivity index (χ3v) is 6.76. The molecule has 0 aliphatic rings. The molecule has 0 fully saturated rings. The molecule has 194 valence electrons. The number of hydrogen-bond acceptors (Lipinski definition) is 3. The van der Waals surface area contributed by atoms with Crippen LogP contribution in [0.15, 0.2) is 66.7 Å². The van der Waals surface area contributed by atoms with Crippen LogP contribution in [0.5, 0.6) is 5.75 Å². The number of ether oxygens (including phenoxy) is 1. The van der Waals surface area contributed by atoms with Crippen molar-refractivity contribution in [2.24, 2.45) is 0 Å². The molecule has 37 heavy (non-hydrogen) atoms. The Balaban J connectivity index is 1.31. The molecule has 0 saturated carbocycles. The molecule has 0 atom stereocenters. The van der Waals surface area contributed by atoms with Crippen molar-refractivity contribution in [1.29, 1.82) is 0 Å². The molecule has 0 radical (unpaired) electrons. The molecule has 0 bridgehead atoms. The molecule has 0 spiro atoms. The van der Waals surface area contributed by atoms with E-state index in [1.807, 2.05) is 42.5 Å². The van der Waals surface area contributed by atoms with Crippen LogP contribution in [0.25, 0.3) is 11.0 Å². The Labute approximate surface area is 224 Å². The van der Waals surface area contributed by atoms with E-state index in [9.17, 15) is 4.79 Å². The predicted octanol–water partition coefficient (Wildman–Crippen LogP) is 6.88. The summed E-state index contributed by atoms with van der Waals surface area (Å²) in [7, 11) is 0. The fraction of sp³-hybridized carbons (Fsp3) is 0.355. The number of aryl methyl sites for hydroxylation is 2. The second kappa shape index (κ2) is 12.8. The average molecular weight is 518 g/mol. The zero-order valence-corrected chi connectivity index (χ0v) is 22.7. The molecule has 4 rings (SSSR count). The molecular formula is C31H36ClN3O2. The van der Waals surface area contributed by atoms with Gasteiger partial charge in [0.25, 0.3) is 0 Å². The number of para-hydroxylation sites is 2. The lowest BCUT2D eigenvalue weighted by molar-refractivity contribution is -0.120. The van der Waals surface area contributed by atoms with E-state index in [2.05, 4.69) is 54.9 Å². The highest BCUT2D eigenvalue weighted by Crippen LogP contribution is 2.27. The van der Waals surface area contributed by atoms with Gasteiger partial charge in [-0.05, 0) is 72.7 Å². The van der Waals surface area contributed by atoms with E-state index < -0.39 is 0 Å². The van der Waals surface area contributed by atoms with Crippen molar-refractivity contribution in [1.82, 2.24) is 14.9 Å². The van der Waals surface area contributed by atoms with Gasteiger partial charge in [-0.25, -0.2) is 4.98 Å². The Morgan fingerprint density at radius 1 is 1.05 bits per heavy atom. The Hall–Kier alpha value is -3.31. The first kappa shape index (κ1) is 26.7. The highest BCUT2D eigenvalue weighted by molar-refractivity contribution is 6.30. The van der Waals surface area contributed by atoms with Crippen LogP contribution < -0.4 is 10.1 Å². The van der Waals surface area contributed by atoms with Gasteiger partial charge in [0.15, 0.2) is 0 Å². The number of carbonyl (C=O) groups is 1. The molecule has 4 aromatic rings. The number of aromatic nitrogens is 2. The predicted molar refractivity (Wildman–Crippen MR) is 152 cm³/mol. The molecular weight excluding hydrogens is 482 g/mol. The van der Waals surface area contributed by atoms with Crippen LogP contribution in [0, 0.1) is 6.92 Å². The second-order valence-corrected chi connectivity index (χ2v) is 10.3. The first-order valence-corrected chi connectivity index (χ1v) is 13.5. The molecule has 1 N–H and O–H groups in total. The minimum absolute atomic E-state index is 0.000882. The molecule has 3 aromatic carbocycles. The lowest BCUT2D eigenvalue weighted by Crippen LogP contribution is -2.28. The molecule has 6 heteroatoms. The fourth-order valence-electron chi connectivity index (χ4n) is 4.53. The highest BCUT2D eigenvalue weighted by atomic mass is 35.5. The number of halogens is 1. The Bertz CT molecular complexity index is 1330. The first-order chi connectivity index (χ1) is 17.9. The maximum atomic E-state index is 12.4. The molecule has 0 saturated heterocycles. The normalized spacial score (nSPS) is 11.3. The third kappa shape index (κ3) is 7.36. The maximum absolute atomic E-state index is 12.4. The molecule has 0 aliphatic carbocycles. The van der Waals surface area contributed by atoms with Crippen molar-refractivity contribution in [3.05, 3.63) is 94.3 Å². The van der Waals surface area contributed by atoms with Gasteiger partial charge in [0.1, 0.15) is 11.6 Å². The molecule has 1 amide bonds. The van der Waals surface area contributed by atoms with Gasteiger partial charge in [0.2, 0.25) is 5.91 Å². The van der Waals surface area contributed by atoms with E-state index in [4.69, 9.17) is 21.3 Å². The quantitative estimate of drug-likeness (QED) is 0.208. The van der Waals surface area contributed by atoms with Gasteiger partial charge in [-0.15, -0.1) is 0 Å². The number of rotatable bonds is 12. The van der Waals surface area contributed by atoms with Gasteiger partial charge in [0, 0.05) is 24.5 Å². The van der Waals surface area contributed by atoms with Crippen LogP contribution >= 0.6 is 11.6 Å². The van der Waals surface area contributed by atoms with Gasteiger partial charge >= 0.3 is 0 Å². The number of fused-ring (bicyclic) bond motifs is 1. The fourth-order valence-corrected chi connectivity index (χ4v) is 4.65. The summed E-state index contributed by atoms with van der Waals surface area (Å²) in [4.78, 5) is 17.3. The van der Waals surface area contributed by atoms with E-state index >= 15 is 0 Å². The third-order valence-electron chi connectivity index (χ3n) is 6.51. The van der Waals surface area contributed by atoms with Gasteiger partial charge in [-0.1, -0.05) is 61.8 Å². The summed E-state index contributed by atoms with van der Waals surface area (Å²) in [6, 6.07) is 22.1. The Kier molecular flexibility index (Phi) is 9.24. The minimum atomic E-state index is -0.000882. The minimum Gasteiger partial charge on any atom is -0.493 e. The van der Waals surface area contributed by atoms with Crippen molar-refractivity contribution in [3.8, 4) is 5.75 Å². The summed E-state index contributed by atoms with van der Waals surface area (Å²) in [6.45, 7) is 8.59. The zero-order valence-electron chi connectivity index (χ0n) is 22.0. The number of hydrogen-bond donors (Lipinski definition) is 1. The van der Waals surface area contributed by atoms with Crippen molar-refractivity contribution in [3.63, 3.8) is 0 Å². The van der Waals surface area contributed by atoms with Crippen molar-refractivity contribution >= 4 is 28.5 Å². The Morgan fingerprint density at radius 3 is 2.62 bits per heavy atom. The van der Waals surface area contributed by atoms with Crippen LogP contribution in [0.3, 0.4) is 0 Å². The summed E-state index contributed by atoms with van der Waals surface area (Å²) < 4.78 is 8.47. The lowest BCUT2D eigenvalue weighted by atomic mass is 10.0. The number of nitrogens with zero attached hydrogens (tertiary/aromatic N) is 2. The van der Waals surface area contributed by atoms with Crippen molar-refractivity contribution < 1.29 is 9.53 Å². The standard InChI is InChI=1S/C31H36ClN3O2/c1-22(2)26-15-10-23(3)20-29(26)37-19-7-6-18-35-28-9-5-4-8-27(28)34-30(35)16-17-33-31(36)21-24-11-13-25(32)14-12-24/h4-5,8-15,20,22H,6-7,16-19,21H2,1-3H3,(H,33,36). The van der Waals surface area contributed by atoms with E-state index in [0.717, 1.165) is 47.6 Å². The van der Waals surface area contributed by atoms with Crippen molar-refractivity contribution in [2.45, 2.75) is 58.9 Å². The smallest absolute Gasteiger partial charge is 0.224 e. The number of benzene rings is 3. The summed E-state index contributed by atoms with van der Waals surface area (Å²) in [6.07, 6.45) is 2.96.